The second kappa shape index (κ2) is 7.12. The van der Waals surface area contributed by atoms with Gasteiger partial charge >= 0.3 is 0 Å². The van der Waals surface area contributed by atoms with Crippen molar-refractivity contribution in [3.63, 3.8) is 0 Å². The van der Waals surface area contributed by atoms with Crippen LogP contribution in [0.1, 0.15) is 47.3 Å². The first kappa shape index (κ1) is 17.7. The van der Waals surface area contributed by atoms with Crippen LogP contribution in [0, 0.1) is 0 Å². The molecule has 6 nitrogen and oxygen atoms in total. The van der Waals surface area contributed by atoms with Gasteiger partial charge in [-0.15, -0.1) is 0 Å². The van der Waals surface area contributed by atoms with Crippen LogP contribution < -0.4 is 0 Å². The first-order valence-electron chi connectivity index (χ1n) is 9.37. The van der Waals surface area contributed by atoms with E-state index in [0.717, 1.165) is 35.1 Å². The van der Waals surface area contributed by atoms with E-state index in [2.05, 4.69) is 17.2 Å². The SMILES string of the molecule is C[C@@H](CO)N(C)C(=O)c1cc(C2CC2)nc2c1cnn2Cc1ccccc1. The van der Waals surface area contributed by atoms with Crippen LogP contribution in [-0.2, 0) is 6.54 Å². The van der Waals surface area contributed by atoms with Gasteiger partial charge in [0, 0.05) is 18.7 Å². The molecule has 27 heavy (non-hydrogen) atoms. The Hall–Kier alpha value is -2.73. The number of pyridine rings is 1. The fourth-order valence-electron chi connectivity index (χ4n) is 3.22. The second-order valence-corrected chi connectivity index (χ2v) is 7.34. The minimum Gasteiger partial charge on any atom is -0.394 e. The van der Waals surface area contributed by atoms with Crippen LogP contribution in [0.5, 0.6) is 0 Å². The summed E-state index contributed by atoms with van der Waals surface area (Å²) in [6, 6.07) is 11.8. The third-order valence-electron chi connectivity index (χ3n) is 5.28. The van der Waals surface area contributed by atoms with Gasteiger partial charge in [-0.1, -0.05) is 30.3 Å². The van der Waals surface area contributed by atoms with Crippen LogP contribution in [0.15, 0.2) is 42.6 Å². The Kier molecular flexibility index (Phi) is 4.66. The van der Waals surface area contributed by atoms with E-state index in [4.69, 9.17) is 4.98 Å². The van der Waals surface area contributed by atoms with Crippen molar-refractivity contribution in [1.29, 1.82) is 0 Å². The highest BCUT2D eigenvalue weighted by Gasteiger charge is 2.29. The van der Waals surface area contributed by atoms with Crippen LogP contribution in [-0.4, -0.2) is 50.4 Å². The normalized spacial score (nSPS) is 15.1. The Labute approximate surface area is 158 Å². The number of aliphatic hydroxyl groups is 1. The molecule has 1 aliphatic rings. The first-order chi connectivity index (χ1) is 13.1. The lowest BCUT2D eigenvalue weighted by Crippen LogP contribution is -2.37. The Morgan fingerprint density at radius 3 is 2.74 bits per heavy atom. The van der Waals surface area contributed by atoms with Gasteiger partial charge in [0.25, 0.3) is 5.91 Å². The molecule has 2 aromatic heterocycles. The molecule has 0 unspecified atom stereocenters. The highest BCUT2D eigenvalue weighted by atomic mass is 16.3. The first-order valence-corrected chi connectivity index (χ1v) is 9.37. The number of fused-ring (bicyclic) bond motifs is 1. The quantitative estimate of drug-likeness (QED) is 0.730. The van der Waals surface area contributed by atoms with Crippen molar-refractivity contribution in [3.8, 4) is 0 Å². The predicted octanol–water partition coefficient (Wildman–Crippen LogP) is 2.81. The van der Waals surface area contributed by atoms with Crippen molar-refractivity contribution in [2.24, 2.45) is 0 Å². The van der Waals surface area contributed by atoms with E-state index in [-0.39, 0.29) is 18.6 Å². The van der Waals surface area contributed by atoms with Gasteiger partial charge < -0.3 is 10.0 Å². The third-order valence-corrected chi connectivity index (χ3v) is 5.28. The zero-order valence-electron chi connectivity index (χ0n) is 15.7. The van der Waals surface area contributed by atoms with Crippen LogP contribution in [0.2, 0.25) is 0 Å². The lowest BCUT2D eigenvalue weighted by atomic mass is 10.1. The minimum atomic E-state index is -0.246. The highest BCUT2D eigenvalue weighted by molar-refractivity contribution is 6.05. The minimum absolute atomic E-state index is 0.0702. The summed E-state index contributed by atoms with van der Waals surface area (Å²) in [6.45, 7) is 2.37. The molecule has 4 rings (SSSR count). The molecule has 1 N–H and O–H groups in total. The molecule has 1 aromatic carbocycles. The molecule has 0 aliphatic heterocycles. The van der Waals surface area contributed by atoms with Gasteiger partial charge in [0.05, 0.1) is 36.3 Å². The van der Waals surface area contributed by atoms with Crippen LogP contribution in [0.3, 0.4) is 0 Å². The molecule has 140 valence electrons. The second-order valence-electron chi connectivity index (χ2n) is 7.34. The smallest absolute Gasteiger partial charge is 0.254 e. The summed E-state index contributed by atoms with van der Waals surface area (Å²) in [7, 11) is 1.72. The van der Waals surface area contributed by atoms with E-state index >= 15 is 0 Å². The number of rotatable bonds is 6. The molecule has 3 aromatic rings. The standard InChI is InChI=1S/C21H24N4O2/c1-14(13-26)24(2)21(27)17-10-19(16-8-9-16)23-20-18(17)11-22-25(20)12-15-6-4-3-5-7-15/h3-7,10-11,14,16,26H,8-9,12-13H2,1-2H3/t14-/m0/s1. The number of carbonyl (C=O) groups is 1. The maximum atomic E-state index is 13.1. The summed E-state index contributed by atoms with van der Waals surface area (Å²) in [5, 5.41) is 14.7. The molecule has 1 saturated carbocycles. The zero-order valence-corrected chi connectivity index (χ0v) is 15.7. The van der Waals surface area contributed by atoms with E-state index in [9.17, 15) is 9.90 Å². The maximum absolute atomic E-state index is 13.1. The average Bonchev–Trinajstić information content (AvgIpc) is 3.48. The molecule has 2 heterocycles. The zero-order chi connectivity index (χ0) is 19.0. The number of benzene rings is 1. The monoisotopic (exact) mass is 364 g/mol. The van der Waals surface area contributed by atoms with E-state index in [0.29, 0.717) is 18.0 Å². The van der Waals surface area contributed by atoms with Crippen LogP contribution in [0.25, 0.3) is 11.0 Å². The van der Waals surface area contributed by atoms with E-state index in [1.54, 1.807) is 18.1 Å². The molecule has 0 bridgehead atoms. The topological polar surface area (TPSA) is 71.2 Å². The van der Waals surface area contributed by atoms with Crippen molar-refractivity contribution in [3.05, 3.63) is 59.4 Å². The van der Waals surface area contributed by atoms with Crippen molar-refractivity contribution in [1.82, 2.24) is 19.7 Å². The van der Waals surface area contributed by atoms with Gasteiger partial charge in [-0.25, -0.2) is 9.67 Å². The van der Waals surface area contributed by atoms with Gasteiger partial charge in [0.1, 0.15) is 0 Å². The van der Waals surface area contributed by atoms with Gasteiger partial charge in [0.15, 0.2) is 5.65 Å². The Bertz CT molecular complexity index is 963. The van der Waals surface area contributed by atoms with Gasteiger partial charge in [-0.2, -0.15) is 5.10 Å². The van der Waals surface area contributed by atoms with Gasteiger partial charge in [-0.3, -0.25) is 4.79 Å². The van der Waals surface area contributed by atoms with Crippen molar-refractivity contribution in [2.75, 3.05) is 13.7 Å². The molecule has 6 heteroatoms. The predicted molar refractivity (Wildman–Crippen MR) is 104 cm³/mol. The van der Waals surface area contributed by atoms with Crippen molar-refractivity contribution in [2.45, 2.75) is 38.3 Å². The van der Waals surface area contributed by atoms with E-state index < -0.39 is 0 Å². The Balaban J connectivity index is 1.78. The molecular formula is C21H24N4O2. The van der Waals surface area contributed by atoms with Crippen molar-refractivity contribution >= 4 is 16.9 Å². The lowest BCUT2D eigenvalue weighted by molar-refractivity contribution is 0.0684. The highest BCUT2D eigenvalue weighted by Crippen LogP contribution is 2.40. The number of hydrogen-bond donors (Lipinski definition) is 1. The van der Waals surface area contributed by atoms with Crippen LogP contribution >= 0.6 is 0 Å². The van der Waals surface area contributed by atoms with Gasteiger partial charge in [0.2, 0.25) is 0 Å². The Morgan fingerprint density at radius 2 is 2.07 bits per heavy atom. The van der Waals surface area contributed by atoms with Gasteiger partial charge in [-0.05, 0) is 31.4 Å². The number of likely N-dealkylation sites (N-methyl/N-ethyl adjacent to an activating group) is 1. The van der Waals surface area contributed by atoms with Crippen molar-refractivity contribution < 1.29 is 9.90 Å². The number of aromatic nitrogens is 3. The summed E-state index contributed by atoms with van der Waals surface area (Å²) in [5.74, 6) is 0.326. The molecule has 0 radical (unpaired) electrons. The number of nitrogens with zero attached hydrogens (tertiary/aromatic N) is 4. The molecule has 0 spiro atoms. The third kappa shape index (κ3) is 3.45. The summed E-state index contributed by atoms with van der Waals surface area (Å²) >= 11 is 0. The fraction of sp³-hybridized carbons (Fsp3) is 0.381. The molecular weight excluding hydrogens is 340 g/mol. The molecule has 0 saturated heterocycles. The summed E-state index contributed by atoms with van der Waals surface area (Å²) in [6.07, 6.45) is 3.95. The fourth-order valence-corrected chi connectivity index (χ4v) is 3.22. The number of aliphatic hydroxyl groups excluding tert-OH is 1. The maximum Gasteiger partial charge on any atom is 0.254 e. The summed E-state index contributed by atoms with van der Waals surface area (Å²) in [5.41, 5.74) is 3.46. The molecule has 1 amide bonds. The summed E-state index contributed by atoms with van der Waals surface area (Å²) < 4.78 is 1.86. The number of carbonyl (C=O) groups excluding carboxylic acids is 1. The van der Waals surface area contributed by atoms with E-state index in [1.807, 2.05) is 35.9 Å². The molecule has 1 aliphatic carbocycles. The van der Waals surface area contributed by atoms with E-state index in [1.165, 1.54) is 0 Å². The molecule has 1 fully saturated rings. The average molecular weight is 364 g/mol. The summed E-state index contributed by atoms with van der Waals surface area (Å²) in [4.78, 5) is 19.5. The van der Waals surface area contributed by atoms with Crippen LogP contribution in [0.4, 0.5) is 0 Å². The largest absolute Gasteiger partial charge is 0.394 e. The Morgan fingerprint density at radius 1 is 1.33 bits per heavy atom. The number of amides is 1. The lowest BCUT2D eigenvalue weighted by Gasteiger charge is -2.23. The number of hydrogen-bond acceptors (Lipinski definition) is 4. The molecule has 1 atom stereocenters.